The number of amides is 1. The van der Waals surface area contributed by atoms with Crippen LogP contribution >= 0.6 is 0 Å². The van der Waals surface area contributed by atoms with Gasteiger partial charge in [-0.25, -0.2) is 0 Å². The van der Waals surface area contributed by atoms with E-state index in [2.05, 4.69) is 17.5 Å². The maximum atomic E-state index is 12.5. The molecule has 0 saturated heterocycles. The van der Waals surface area contributed by atoms with Crippen molar-refractivity contribution in [2.45, 2.75) is 57.0 Å². The van der Waals surface area contributed by atoms with Crippen molar-refractivity contribution in [3.8, 4) is 0 Å². The zero-order valence-electron chi connectivity index (χ0n) is 13.7. The van der Waals surface area contributed by atoms with E-state index in [9.17, 15) is 4.79 Å². The van der Waals surface area contributed by atoms with Gasteiger partial charge < -0.3 is 10.1 Å². The fourth-order valence-corrected chi connectivity index (χ4v) is 6.08. The van der Waals surface area contributed by atoms with Gasteiger partial charge in [0.15, 0.2) is 0 Å². The molecule has 0 aliphatic heterocycles. The Labute approximate surface area is 133 Å². The summed E-state index contributed by atoms with van der Waals surface area (Å²) >= 11 is 0. The minimum Gasteiger partial charge on any atom is -0.376 e. The predicted octanol–water partition coefficient (Wildman–Crippen LogP) is 3.30. The zero-order chi connectivity index (χ0) is 15.2. The summed E-state index contributed by atoms with van der Waals surface area (Å²) in [4.78, 5) is 12.5. The molecule has 3 heteroatoms. The monoisotopic (exact) mass is 303 g/mol. The molecular formula is C19H29NO2. The smallest absolute Gasteiger partial charge is 0.223 e. The molecule has 0 heterocycles. The lowest BCUT2D eigenvalue weighted by atomic mass is 9.49. The number of rotatable bonds is 4. The number of hydrogen-bond donors (Lipinski definition) is 1. The second kappa shape index (κ2) is 5.67. The molecule has 3 nitrogen and oxygen atoms in total. The standard InChI is InChI=1S/C19H29NO2/c1-22-19(12-20-18(21)15-5-3-2-4-6-15)16-8-13-7-14(10-16)11-17(19)9-13/h2-3,13-17H,4-12H2,1H3,(H,20,21). The molecule has 1 amide bonds. The summed E-state index contributed by atoms with van der Waals surface area (Å²) in [6.07, 6.45) is 14.0. The van der Waals surface area contributed by atoms with Crippen molar-refractivity contribution < 1.29 is 9.53 Å². The fourth-order valence-electron chi connectivity index (χ4n) is 6.08. The summed E-state index contributed by atoms with van der Waals surface area (Å²) in [5.74, 6) is 3.63. The quantitative estimate of drug-likeness (QED) is 0.809. The van der Waals surface area contributed by atoms with Crippen LogP contribution in [0.3, 0.4) is 0 Å². The van der Waals surface area contributed by atoms with Gasteiger partial charge in [-0.05, 0) is 75.0 Å². The van der Waals surface area contributed by atoms with E-state index in [4.69, 9.17) is 4.74 Å². The van der Waals surface area contributed by atoms with E-state index in [-0.39, 0.29) is 17.4 Å². The Morgan fingerprint density at radius 2 is 1.82 bits per heavy atom. The van der Waals surface area contributed by atoms with E-state index in [0.29, 0.717) is 11.8 Å². The predicted molar refractivity (Wildman–Crippen MR) is 86.3 cm³/mol. The SMILES string of the molecule is COC1(CNC(=O)C2CC=CCC2)C2CC3CC(C2)CC1C3. The summed E-state index contributed by atoms with van der Waals surface area (Å²) in [5, 5.41) is 3.27. The molecule has 0 aromatic heterocycles. The van der Waals surface area contributed by atoms with Crippen LogP contribution in [0, 0.1) is 29.6 Å². The van der Waals surface area contributed by atoms with Gasteiger partial charge in [0.1, 0.15) is 0 Å². The highest BCUT2D eigenvalue weighted by molar-refractivity contribution is 5.79. The second-order valence-corrected chi connectivity index (χ2v) is 8.16. The molecule has 22 heavy (non-hydrogen) atoms. The summed E-state index contributed by atoms with van der Waals surface area (Å²) in [5.41, 5.74) is -0.0758. The third-order valence-corrected chi connectivity index (χ3v) is 7.08. The first-order valence-electron chi connectivity index (χ1n) is 9.19. The Kier molecular flexibility index (Phi) is 3.80. The summed E-state index contributed by atoms with van der Waals surface area (Å²) in [7, 11) is 1.87. The lowest BCUT2D eigenvalue weighted by Crippen LogP contribution is -2.63. The first-order chi connectivity index (χ1) is 10.7. The molecule has 4 fully saturated rings. The van der Waals surface area contributed by atoms with E-state index < -0.39 is 0 Å². The summed E-state index contributed by atoms with van der Waals surface area (Å²) in [6.45, 7) is 0.733. The van der Waals surface area contributed by atoms with Crippen LogP contribution in [0.15, 0.2) is 12.2 Å². The van der Waals surface area contributed by atoms with Crippen molar-refractivity contribution >= 4 is 5.91 Å². The van der Waals surface area contributed by atoms with E-state index in [1.165, 1.54) is 32.1 Å². The highest BCUT2D eigenvalue weighted by Crippen LogP contribution is 2.59. The number of methoxy groups -OCH3 is 1. The topological polar surface area (TPSA) is 38.3 Å². The Morgan fingerprint density at radius 3 is 2.36 bits per heavy atom. The number of carbonyl (C=O) groups excluding carboxylic acids is 1. The van der Waals surface area contributed by atoms with Crippen molar-refractivity contribution in [1.82, 2.24) is 5.32 Å². The van der Waals surface area contributed by atoms with Crippen LogP contribution in [0.25, 0.3) is 0 Å². The lowest BCUT2D eigenvalue weighted by molar-refractivity contribution is -0.188. The number of allylic oxidation sites excluding steroid dienone is 2. The first-order valence-corrected chi connectivity index (χ1v) is 9.19. The van der Waals surface area contributed by atoms with Crippen molar-refractivity contribution in [2.75, 3.05) is 13.7 Å². The molecule has 0 aromatic rings. The normalized spacial score (nSPS) is 46.0. The minimum atomic E-state index is -0.0758. The highest BCUT2D eigenvalue weighted by Gasteiger charge is 2.57. The zero-order valence-corrected chi connectivity index (χ0v) is 13.7. The number of hydrogen-bond acceptors (Lipinski definition) is 2. The molecule has 0 spiro atoms. The fraction of sp³-hybridized carbons (Fsp3) is 0.842. The maximum Gasteiger partial charge on any atom is 0.223 e. The average molecular weight is 303 g/mol. The number of carbonyl (C=O) groups is 1. The van der Waals surface area contributed by atoms with E-state index in [1.807, 2.05) is 7.11 Å². The van der Waals surface area contributed by atoms with Gasteiger partial charge in [0, 0.05) is 19.6 Å². The van der Waals surface area contributed by atoms with E-state index >= 15 is 0 Å². The van der Waals surface area contributed by atoms with Gasteiger partial charge in [0.25, 0.3) is 0 Å². The van der Waals surface area contributed by atoms with Crippen molar-refractivity contribution in [3.63, 3.8) is 0 Å². The van der Waals surface area contributed by atoms with Crippen molar-refractivity contribution in [1.29, 1.82) is 0 Å². The highest BCUT2D eigenvalue weighted by atomic mass is 16.5. The van der Waals surface area contributed by atoms with Crippen LogP contribution in [0.2, 0.25) is 0 Å². The summed E-state index contributed by atoms with van der Waals surface area (Å²) in [6, 6.07) is 0. The molecule has 0 radical (unpaired) electrons. The average Bonchev–Trinajstić information content (AvgIpc) is 2.55. The molecule has 5 aliphatic rings. The molecule has 122 valence electrons. The third kappa shape index (κ3) is 2.33. The number of ether oxygens (including phenoxy) is 1. The maximum absolute atomic E-state index is 12.5. The molecule has 5 aliphatic carbocycles. The van der Waals surface area contributed by atoms with Crippen LogP contribution in [0.5, 0.6) is 0 Å². The molecule has 0 aromatic carbocycles. The largest absolute Gasteiger partial charge is 0.376 e. The molecule has 1 N–H and O–H groups in total. The molecule has 5 rings (SSSR count). The third-order valence-electron chi connectivity index (χ3n) is 7.08. The minimum absolute atomic E-state index is 0.0758. The van der Waals surface area contributed by atoms with Gasteiger partial charge in [0.05, 0.1) is 5.60 Å². The summed E-state index contributed by atoms with van der Waals surface area (Å²) < 4.78 is 6.12. The van der Waals surface area contributed by atoms with Crippen LogP contribution in [0.1, 0.15) is 51.4 Å². The lowest BCUT2D eigenvalue weighted by Gasteiger charge is -2.60. The van der Waals surface area contributed by atoms with Gasteiger partial charge in [-0.1, -0.05) is 12.2 Å². The second-order valence-electron chi connectivity index (χ2n) is 8.16. The Bertz CT molecular complexity index is 442. The molecule has 1 unspecified atom stereocenters. The van der Waals surface area contributed by atoms with Crippen molar-refractivity contribution in [2.24, 2.45) is 29.6 Å². The van der Waals surface area contributed by atoms with Crippen molar-refractivity contribution in [3.05, 3.63) is 12.2 Å². The van der Waals surface area contributed by atoms with Gasteiger partial charge >= 0.3 is 0 Å². The Hall–Kier alpha value is -0.830. The molecule has 4 bridgehead atoms. The van der Waals surface area contributed by atoms with Gasteiger partial charge in [-0.15, -0.1) is 0 Å². The number of nitrogens with one attached hydrogen (secondary N) is 1. The van der Waals surface area contributed by atoms with Crippen LogP contribution < -0.4 is 5.32 Å². The van der Waals surface area contributed by atoms with Crippen LogP contribution in [0.4, 0.5) is 0 Å². The van der Waals surface area contributed by atoms with Gasteiger partial charge in [0.2, 0.25) is 5.91 Å². The van der Waals surface area contributed by atoms with E-state index in [0.717, 1.165) is 37.6 Å². The molecule has 4 saturated carbocycles. The van der Waals surface area contributed by atoms with Crippen LogP contribution in [-0.4, -0.2) is 25.2 Å². The van der Waals surface area contributed by atoms with E-state index in [1.54, 1.807) is 0 Å². The first kappa shape index (κ1) is 14.7. The molecule has 1 atom stereocenters. The van der Waals surface area contributed by atoms with Gasteiger partial charge in [-0.2, -0.15) is 0 Å². The van der Waals surface area contributed by atoms with Crippen LogP contribution in [-0.2, 0) is 9.53 Å². The van der Waals surface area contributed by atoms with Gasteiger partial charge in [-0.3, -0.25) is 4.79 Å². The Morgan fingerprint density at radius 1 is 1.14 bits per heavy atom. The molecular weight excluding hydrogens is 274 g/mol. The Balaban J connectivity index is 1.43.